The van der Waals surface area contributed by atoms with Crippen molar-refractivity contribution in [2.24, 2.45) is 11.1 Å². The van der Waals surface area contributed by atoms with Crippen molar-refractivity contribution < 1.29 is 9.72 Å². The summed E-state index contributed by atoms with van der Waals surface area (Å²) in [5, 5.41) is 22.5. The third-order valence-electron chi connectivity index (χ3n) is 2.71. The summed E-state index contributed by atoms with van der Waals surface area (Å²) >= 11 is 0. The van der Waals surface area contributed by atoms with Crippen LogP contribution in [-0.4, -0.2) is 17.4 Å². The first-order valence-electron chi connectivity index (χ1n) is 5.50. The van der Waals surface area contributed by atoms with Gasteiger partial charge in [-0.05, 0) is 26.0 Å². The Kier molecular flexibility index (Phi) is 4.07. The summed E-state index contributed by atoms with van der Waals surface area (Å²) in [7, 11) is 0. The summed E-state index contributed by atoms with van der Waals surface area (Å²) in [6.07, 6.45) is 0. The van der Waals surface area contributed by atoms with Crippen LogP contribution in [0.3, 0.4) is 0 Å². The number of nitro groups is 1. The molecule has 0 aromatic heterocycles. The minimum absolute atomic E-state index is 0.137. The van der Waals surface area contributed by atoms with E-state index in [9.17, 15) is 14.9 Å². The molecule has 0 aliphatic heterocycles. The number of nitro benzene ring substituents is 1. The molecule has 0 spiro atoms. The van der Waals surface area contributed by atoms with Crippen LogP contribution in [-0.2, 0) is 4.79 Å². The van der Waals surface area contributed by atoms with Gasteiger partial charge in [-0.2, -0.15) is 5.26 Å². The average Bonchev–Trinajstić information content (AvgIpc) is 2.35. The van der Waals surface area contributed by atoms with Gasteiger partial charge in [0.2, 0.25) is 5.91 Å². The highest BCUT2D eigenvalue weighted by molar-refractivity contribution is 5.80. The van der Waals surface area contributed by atoms with Gasteiger partial charge in [-0.25, -0.2) is 0 Å². The molecule has 0 heterocycles. The predicted octanol–water partition coefficient (Wildman–Crippen LogP) is 1.39. The summed E-state index contributed by atoms with van der Waals surface area (Å²) in [5.74, 6) is -0.515. The van der Waals surface area contributed by atoms with Crippen molar-refractivity contribution in [3.8, 4) is 6.07 Å². The average molecular weight is 262 g/mol. The highest BCUT2D eigenvalue weighted by atomic mass is 16.6. The number of nitrogens with one attached hydrogen (secondary N) is 1. The number of benzene rings is 1. The van der Waals surface area contributed by atoms with E-state index in [1.54, 1.807) is 13.8 Å². The zero-order valence-corrected chi connectivity index (χ0v) is 10.6. The summed E-state index contributed by atoms with van der Waals surface area (Å²) in [6, 6.07) is 5.88. The smallest absolute Gasteiger partial charge is 0.292 e. The van der Waals surface area contributed by atoms with Crippen molar-refractivity contribution in [1.82, 2.24) is 0 Å². The van der Waals surface area contributed by atoms with Crippen LogP contribution in [0.15, 0.2) is 18.2 Å². The van der Waals surface area contributed by atoms with Crippen molar-refractivity contribution in [3.05, 3.63) is 33.9 Å². The number of carbonyl (C=O) groups is 1. The van der Waals surface area contributed by atoms with E-state index in [1.165, 1.54) is 18.2 Å². The molecule has 3 N–H and O–H groups in total. The second kappa shape index (κ2) is 5.35. The normalized spacial score (nSPS) is 10.6. The molecule has 19 heavy (non-hydrogen) atoms. The lowest BCUT2D eigenvalue weighted by Gasteiger charge is -2.21. The molecule has 0 aliphatic rings. The Morgan fingerprint density at radius 1 is 1.58 bits per heavy atom. The molecule has 0 saturated carbocycles. The van der Waals surface area contributed by atoms with Gasteiger partial charge in [-0.1, -0.05) is 0 Å². The molecule has 1 rings (SSSR count). The maximum atomic E-state index is 11.2. The highest BCUT2D eigenvalue weighted by Crippen LogP contribution is 2.26. The lowest BCUT2D eigenvalue weighted by Crippen LogP contribution is -2.37. The minimum Gasteiger partial charge on any atom is -0.378 e. The summed E-state index contributed by atoms with van der Waals surface area (Å²) < 4.78 is 0. The van der Waals surface area contributed by atoms with Crippen molar-refractivity contribution in [2.45, 2.75) is 13.8 Å². The van der Waals surface area contributed by atoms with Gasteiger partial charge in [-0.15, -0.1) is 0 Å². The van der Waals surface area contributed by atoms with E-state index >= 15 is 0 Å². The Bertz CT molecular complexity index is 561. The van der Waals surface area contributed by atoms with E-state index < -0.39 is 16.2 Å². The SMILES string of the molecule is CC(C)(CNc1cc(C#N)ccc1[N+](=O)[O-])C(N)=O. The van der Waals surface area contributed by atoms with Crippen LogP contribution in [0.5, 0.6) is 0 Å². The second-order valence-electron chi connectivity index (χ2n) is 4.70. The lowest BCUT2D eigenvalue weighted by atomic mass is 9.92. The molecule has 0 fully saturated rings. The topological polar surface area (TPSA) is 122 Å². The fraction of sp³-hybridized carbons (Fsp3) is 0.333. The van der Waals surface area contributed by atoms with Gasteiger partial charge in [0, 0.05) is 12.6 Å². The quantitative estimate of drug-likeness (QED) is 0.613. The van der Waals surface area contributed by atoms with Crippen LogP contribution in [0, 0.1) is 26.9 Å². The number of rotatable bonds is 5. The summed E-state index contributed by atoms with van der Waals surface area (Å²) in [4.78, 5) is 21.5. The molecule has 0 unspecified atom stereocenters. The number of nitrogens with two attached hydrogens (primary N) is 1. The molecular formula is C12H14N4O3. The minimum atomic E-state index is -0.851. The number of hydrogen-bond acceptors (Lipinski definition) is 5. The van der Waals surface area contributed by atoms with Crippen molar-refractivity contribution in [3.63, 3.8) is 0 Å². The van der Waals surface area contributed by atoms with E-state index in [0.29, 0.717) is 5.56 Å². The fourth-order valence-corrected chi connectivity index (χ4v) is 1.31. The molecule has 0 saturated heterocycles. The van der Waals surface area contributed by atoms with Crippen LogP contribution in [0.2, 0.25) is 0 Å². The van der Waals surface area contributed by atoms with E-state index in [2.05, 4.69) is 5.32 Å². The van der Waals surface area contributed by atoms with Crippen molar-refractivity contribution >= 4 is 17.3 Å². The molecule has 7 heteroatoms. The van der Waals surface area contributed by atoms with Gasteiger partial charge in [-0.3, -0.25) is 14.9 Å². The molecule has 0 aliphatic carbocycles. The van der Waals surface area contributed by atoms with Gasteiger partial charge in [0.15, 0.2) is 0 Å². The number of primary amides is 1. The van der Waals surface area contributed by atoms with Gasteiger partial charge >= 0.3 is 0 Å². The third-order valence-corrected chi connectivity index (χ3v) is 2.71. The first-order valence-corrected chi connectivity index (χ1v) is 5.50. The van der Waals surface area contributed by atoms with Gasteiger partial charge < -0.3 is 11.1 Å². The first kappa shape index (κ1) is 14.4. The molecule has 1 aromatic carbocycles. The molecule has 1 aromatic rings. The number of amides is 1. The predicted molar refractivity (Wildman–Crippen MR) is 69.3 cm³/mol. The zero-order chi connectivity index (χ0) is 14.6. The highest BCUT2D eigenvalue weighted by Gasteiger charge is 2.26. The molecule has 0 radical (unpaired) electrons. The second-order valence-corrected chi connectivity index (χ2v) is 4.70. The molecular weight excluding hydrogens is 248 g/mol. The monoisotopic (exact) mass is 262 g/mol. The van der Waals surface area contributed by atoms with Gasteiger partial charge in [0.25, 0.3) is 5.69 Å². The Labute approximate surface area is 110 Å². The van der Waals surface area contributed by atoms with E-state index in [-0.39, 0.29) is 17.9 Å². The van der Waals surface area contributed by atoms with Crippen LogP contribution < -0.4 is 11.1 Å². The summed E-state index contributed by atoms with van der Waals surface area (Å²) in [5.41, 5.74) is 4.71. The molecule has 7 nitrogen and oxygen atoms in total. The largest absolute Gasteiger partial charge is 0.378 e. The van der Waals surface area contributed by atoms with Crippen molar-refractivity contribution in [1.29, 1.82) is 5.26 Å². The third kappa shape index (κ3) is 3.42. The number of hydrogen-bond donors (Lipinski definition) is 2. The van der Waals surface area contributed by atoms with E-state index in [4.69, 9.17) is 11.0 Å². The molecule has 1 amide bonds. The number of carbonyl (C=O) groups excluding carboxylic acids is 1. The van der Waals surface area contributed by atoms with E-state index in [1.807, 2.05) is 6.07 Å². The van der Waals surface area contributed by atoms with Gasteiger partial charge in [0.05, 0.1) is 22.0 Å². The Balaban J connectivity index is 3.03. The van der Waals surface area contributed by atoms with Crippen molar-refractivity contribution in [2.75, 3.05) is 11.9 Å². The van der Waals surface area contributed by atoms with Crippen LogP contribution in [0.4, 0.5) is 11.4 Å². The van der Waals surface area contributed by atoms with E-state index in [0.717, 1.165) is 0 Å². The summed E-state index contributed by atoms with van der Waals surface area (Å²) in [6.45, 7) is 3.39. The Morgan fingerprint density at radius 3 is 2.68 bits per heavy atom. The molecule has 0 atom stereocenters. The number of nitrogens with zero attached hydrogens (tertiary/aromatic N) is 2. The molecule has 100 valence electrons. The lowest BCUT2D eigenvalue weighted by molar-refractivity contribution is -0.384. The number of anilines is 1. The first-order chi connectivity index (χ1) is 8.77. The standard InChI is InChI=1S/C12H14N4O3/c1-12(2,11(14)17)7-15-9-5-8(6-13)3-4-10(9)16(18)19/h3-5,15H,7H2,1-2H3,(H2,14,17). The maximum absolute atomic E-state index is 11.2. The zero-order valence-electron chi connectivity index (χ0n) is 10.6. The fourth-order valence-electron chi connectivity index (χ4n) is 1.31. The van der Waals surface area contributed by atoms with Crippen LogP contribution in [0.1, 0.15) is 19.4 Å². The van der Waals surface area contributed by atoms with Crippen LogP contribution >= 0.6 is 0 Å². The maximum Gasteiger partial charge on any atom is 0.292 e. The molecule has 0 bridgehead atoms. The number of nitriles is 1. The Morgan fingerprint density at radius 2 is 2.21 bits per heavy atom. The van der Waals surface area contributed by atoms with Gasteiger partial charge in [0.1, 0.15) is 5.69 Å². The van der Waals surface area contributed by atoms with Crippen LogP contribution in [0.25, 0.3) is 0 Å². The Hall–Kier alpha value is -2.62.